The zero-order valence-electron chi connectivity index (χ0n) is 12.6. The number of ether oxygens (including phenoxy) is 1. The third-order valence-corrected chi connectivity index (χ3v) is 4.07. The van der Waals surface area contributed by atoms with Crippen LogP contribution < -0.4 is 10.1 Å². The van der Waals surface area contributed by atoms with E-state index in [9.17, 15) is 14.4 Å². The summed E-state index contributed by atoms with van der Waals surface area (Å²) >= 11 is 0. The van der Waals surface area contributed by atoms with Gasteiger partial charge in [0.1, 0.15) is 0 Å². The number of imide groups is 1. The largest absolute Gasteiger partial charge is 0.477 e. The maximum Gasteiger partial charge on any atom is 0.266 e. The minimum absolute atomic E-state index is 0.111. The lowest BCUT2D eigenvalue weighted by atomic mass is 10.1. The Morgan fingerprint density at radius 2 is 1.75 bits per heavy atom. The Bertz CT molecular complexity index is 829. The first-order valence-electron chi connectivity index (χ1n) is 7.53. The van der Waals surface area contributed by atoms with Crippen molar-refractivity contribution in [1.29, 1.82) is 0 Å². The quantitative estimate of drug-likeness (QED) is 0.864. The van der Waals surface area contributed by atoms with Crippen molar-refractivity contribution in [2.45, 2.75) is 12.5 Å². The van der Waals surface area contributed by atoms with Gasteiger partial charge in [0.2, 0.25) is 0 Å². The fourth-order valence-electron chi connectivity index (χ4n) is 2.86. The molecule has 0 radical (unpaired) electrons. The summed E-state index contributed by atoms with van der Waals surface area (Å²) in [7, 11) is 0. The molecule has 2 aromatic rings. The van der Waals surface area contributed by atoms with Gasteiger partial charge in [0, 0.05) is 19.2 Å². The predicted octanol–water partition coefficient (Wildman–Crippen LogP) is 1.47. The van der Waals surface area contributed by atoms with Gasteiger partial charge in [-0.3, -0.25) is 19.3 Å². The van der Waals surface area contributed by atoms with E-state index < -0.39 is 6.10 Å². The summed E-state index contributed by atoms with van der Waals surface area (Å²) in [6.45, 7) is 0.111. The fraction of sp³-hybridized carbons (Fsp3) is 0.176. The molecule has 1 aromatic heterocycles. The summed E-state index contributed by atoms with van der Waals surface area (Å²) in [6, 6.07) is 10.1. The van der Waals surface area contributed by atoms with Crippen molar-refractivity contribution in [3.05, 3.63) is 53.7 Å². The van der Waals surface area contributed by atoms with E-state index in [2.05, 4.69) is 10.3 Å². The smallest absolute Gasteiger partial charge is 0.266 e. The third-order valence-electron chi connectivity index (χ3n) is 4.07. The minimum Gasteiger partial charge on any atom is -0.477 e. The number of carbonyl (C=O) groups is 3. The molecule has 2 aliphatic heterocycles. The number of fused-ring (bicyclic) bond motifs is 2. The summed E-state index contributed by atoms with van der Waals surface area (Å²) in [6.07, 6.45) is 0.999. The summed E-state index contributed by atoms with van der Waals surface area (Å²) in [5.74, 6) is -0.162. The molecular weight excluding hydrogens is 310 g/mol. The number of rotatable bonds is 3. The maximum absolute atomic E-state index is 12.3. The number of hydrogen-bond donors (Lipinski definition) is 1. The van der Waals surface area contributed by atoms with Crippen molar-refractivity contribution >= 4 is 23.5 Å². The van der Waals surface area contributed by atoms with Crippen molar-refractivity contribution in [2.24, 2.45) is 0 Å². The second-order valence-corrected chi connectivity index (χ2v) is 5.54. The van der Waals surface area contributed by atoms with Crippen LogP contribution in [0.1, 0.15) is 27.1 Å². The van der Waals surface area contributed by atoms with Crippen LogP contribution in [0.4, 0.5) is 5.82 Å². The maximum atomic E-state index is 12.3. The Morgan fingerprint density at radius 1 is 1.04 bits per heavy atom. The lowest BCUT2D eigenvalue weighted by molar-refractivity contribution is -0.123. The first-order chi connectivity index (χ1) is 11.6. The Labute approximate surface area is 137 Å². The summed E-state index contributed by atoms with van der Waals surface area (Å²) < 4.78 is 5.63. The molecule has 1 aromatic carbocycles. The molecule has 0 spiro atoms. The van der Waals surface area contributed by atoms with E-state index in [1.165, 1.54) is 0 Å². The molecule has 3 heterocycles. The van der Waals surface area contributed by atoms with Gasteiger partial charge < -0.3 is 10.1 Å². The van der Waals surface area contributed by atoms with Crippen LogP contribution in [0.5, 0.6) is 5.75 Å². The zero-order valence-corrected chi connectivity index (χ0v) is 12.6. The van der Waals surface area contributed by atoms with Crippen LogP contribution in [0.15, 0.2) is 42.6 Å². The molecule has 4 rings (SSSR count). The molecule has 0 aliphatic carbocycles. The van der Waals surface area contributed by atoms with Gasteiger partial charge in [-0.15, -0.1) is 0 Å². The highest BCUT2D eigenvalue weighted by atomic mass is 16.5. The highest BCUT2D eigenvalue weighted by Crippen LogP contribution is 2.28. The lowest BCUT2D eigenvalue weighted by Crippen LogP contribution is -2.41. The van der Waals surface area contributed by atoms with Gasteiger partial charge in [0.15, 0.2) is 17.7 Å². The molecule has 1 atom stereocenters. The Balaban J connectivity index is 1.48. The molecule has 7 heteroatoms. The van der Waals surface area contributed by atoms with Gasteiger partial charge in [0.05, 0.1) is 11.1 Å². The van der Waals surface area contributed by atoms with Crippen molar-refractivity contribution < 1.29 is 19.1 Å². The van der Waals surface area contributed by atoms with Crippen LogP contribution in [-0.4, -0.2) is 40.3 Å². The molecule has 1 unspecified atom stereocenters. The van der Waals surface area contributed by atoms with Crippen molar-refractivity contribution in [2.75, 3.05) is 11.9 Å². The second kappa shape index (κ2) is 5.45. The van der Waals surface area contributed by atoms with E-state index in [4.69, 9.17) is 4.74 Å². The SMILES string of the molecule is O=C1Nc2ncccc2OC1CCN1C(=O)c2ccccc2C1=O. The van der Waals surface area contributed by atoms with Gasteiger partial charge in [0.25, 0.3) is 17.7 Å². The standard InChI is InChI=1S/C17H13N3O4/c21-15-13(24-12-6-3-8-18-14(12)19-15)7-9-20-16(22)10-4-1-2-5-11(10)17(20)23/h1-6,8,13H,7,9H2,(H,18,19,21). The van der Waals surface area contributed by atoms with Gasteiger partial charge in [-0.2, -0.15) is 0 Å². The van der Waals surface area contributed by atoms with Crippen LogP contribution in [0.3, 0.4) is 0 Å². The average molecular weight is 323 g/mol. The number of nitrogens with zero attached hydrogens (tertiary/aromatic N) is 2. The van der Waals surface area contributed by atoms with E-state index in [0.29, 0.717) is 22.7 Å². The van der Waals surface area contributed by atoms with Crippen LogP contribution in [0, 0.1) is 0 Å². The summed E-state index contributed by atoms with van der Waals surface area (Å²) in [4.78, 5) is 41.9. The molecule has 0 fully saturated rings. The second-order valence-electron chi connectivity index (χ2n) is 5.54. The number of amides is 3. The van der Waals surface area contributed by atoms with E-state index >= 15 is 0 Å². The minimum atomic E-state index is -0.772. The van der Waals surface area contributed by atoms with Crippen molar-refractivity contribution in [1.82, 2.24) is 9.88 Å². The molecule has 120 valence electrons. The molecular formula is C17H13N3O4. The number of aromatic nitrogens is 1. The Morgan fingerprint density at radius 3 is 2.46 bits per heavy atom. The summed E-state index contributed by atoms with van der Waals surface area (Å²) in [5, 5.41) is 2.66. The number of hydrogen-bond acceptors (Lipinski definition) is 5. The summed E-state index contributed by atoms with van der Waals surface area (Å²) in [5.41, 5.74) is 0.789. The van der Waals surface area contributed by atoms with Gasteiger partial charge >= 0.3 is 0 Å². The molecule has 7 nitrogen and oxygen atoms in total. The molecule has 0 bridgehead atoms. The Hall–Kier alpha value is -3.22. The van der Waals surface area contributed by atoms with E-state index in [-0.39, 0.29) is 30.7 Å². The zero-order chi connectivity index (χ0) is 16.7. The molecule has 24 heavy (non-hydrogen) atoms. The van der Waals surface area contributed by atoms with Gasteiger partial charge in [-0.1, -0.05) is 12.1 Å². The number of nitrogens with one attached hydrogen (secondary N) is 1. The first-order valence-corrected chi connectivity index (χ1v) is 7.53. The number of carbonyl (C=O) groups excluding carboxylic acids is 3. The number of anilines is 1. The van der Waals surface area contributed by atoms with E-state index in [1.807, 2.05) is 0 Å². The van der Waals surface area contributed by atoms with E-state index in [0.717, 1.165) is 4.90 Å². The number of benzene rings is 1. The highest BCUT2D eigenvalue weighted by Gasteiger charge is 2.36. The third kappa shape index (κ3) is 2.21. The monoisotopic (exact) mass is 323 g/mol. The lowest BCUT2D eigenvalue weighted by Gasteiger charge is -2.26. The molecule has 0 saturated carbocycles. The molecule has 3 amide bonds. The van der Waals surface area contributed by atoms with Crippen LogP contribution in [-0.2, 0) is 4.79 Å². The molecule has 1 N–H and O–H groups in total. The van der Waals surface area contributed by atoms with Crippen LogP contribution >= 0.6 is 0 Å². The van der Waals surface area contributed by atoms with Gasteiger partial charge in [-0.05, 0) is 24.3 Å². The predicted molar refractivity (Wildman–Crippen MR) is 83.7 cm³/mol. The van der Waals surface area contributed by atoms with Crippen molar-refractivity contribution in [3.8, 4) is 5.75 Å². The van der Waals surface area contributed by atoms with Gasteiger partial charge in [-0.25, -0.2) is 4.98 Å². The Kier molecular flexibility index (Phi) is 3.26. The molecule has 0 saturated heterocycles. The average Bonchev–Trinajstić information content (AvgIpc) is 2.84. The van der Waals surface area contributed by atoms with Crippen LogP contribution in [0.25, 0.3) is 0 Å². The van der Waals surface area contributed by atoms with E-state index in [1.54, 1.807) is 42.6 Å². The molecule has 2 aliphatic rings. The van der Waals surface area contributed by atoms with Crippen molar-refractivity contribution in [3.63, 3.8) is 0 Å². The highest BCUT2D eigenvalue weighted by molar-refractivity contribution is 6.21. The first kappa shape index (κ1) is 14.4. The fourth-order valence-corrected chi connectivity index (χ4v) is 2.86. The normalized spacial score (nSPS) is 18.8. The number of pyridine rings is 1. The van der Waals surface area contributed by atoms with Crippen LogP contribution in [0.2, 0.25) is 0 Å². The topological polar surface area (TPSA) is 88.6 Å².